The van der Waals surface area contributed by atoms with Crippen LogP contribution in [0.2, 0.25) is 0 Å². The van der Waals surface area contributed by atoms with Gasteiger partial charge in [0.15, 0.2) is 11.5 Å². The van der Waals surface area contributed by atoms with Crippen molar-refractivity contribution in [3.63, 3.8) is 0 Å². The van der Waals surface area contributed by atoms with Gasteiger partial charge in [-0.2, -0.15) is 0 Å². The predicted octanol–water partition coefficient (Wildman–Crippen LogP) is 3.14. The molecule has 0 radical (unpaired) electrons. The van der Waals surface area contributed by atoms with Gasteiger partial charge in [0.2, 0.25) is 0 Å². The molecule has 1 aromatic heterocycles. The molecule has 0 bridgehead atoms. The quantitative estimate of drug-likeness (QED) is 0.805. The lowest BCUT2D eigenvalue weighted by atomic mass is 10.3. The molecule has 0 amide bonds. The number of anilines is 2. The number of hydrogen-bond donors (Lipinski definition) is 2. The van der Waals surface area contributed by atoms with Crippen LogP contribution < -0.4 is 15.8 Å². The topological polar surface area (TPSA) is 64.3 Å². The van der Waals surface area contributed by atoms with Crippen LogP contribution in [-0.2, 0) is 0 Å². The maximum atomic E-state index is 11.5. The largest absolute Gasteiger partial charge is 0.486 e. The molecule has 1 fully saturated rings. The van der Waals surface area contributed by atoms with Crippen LogP contribution in [0.15, 0.2) is 0 Å². The first-order valence-corrected chi connectivity index (χ1v) is 7.08. The first-order valence-electron chi connectivity index (χ1n) is 6.26. The van der Waals surface area contributed by atoms with Gasteiger partial charge >= 0.3 is 0 Å². The molecule has 1 heterocycles. The Bertz CT molecular complexity index is 468. The highest BCUT2D eigenvalue weighted by atomic mass is 32.1. The van der Waals surface area contributed by atoms with Crippen molar-refractivity contribution in [2.24, 2.45) is 5.92 Å². The van der Waals surface area contributed by atoms with Gasteiger partial charge in [0, 0.05) is 13.0 Å². The Morgan fingerprint density at radius 3 is 2.61 bits per heavy atom. The van der Waals surface area contributed by atoms with Gasteiger partial charge in [-0.1, -0.05) is 6.92 Å². The van der Waals surface area contributed by atoms with Crippen molar-refractivity contribution in [2.75, 3.05) is 11.1 Å². The summed E-state index contributed by atoms with van der Waals surface area (Å²) >= 11 is 1.40. The van der Waals surface area contributed by atoms with Crippen molar-refractivity contribution < 1.29 is 9.53 Å². The van der Waals surface area contributed by atoms with Crippen molar-refractivity contribution in [3.8, 4) is 5.75 Å². The Kier molecular flexibility index (Phi) is 3.52. The number of nitrogens with one attached hydrogen (secondary N) is 1. The highest BCUT2D eigenvalue weighted by Crippen LogP contribution is 2.46. The molecule has 4 nitrogen and oxygen atoms in total. The van der Waals surface area contributed by atoms with E-state index in [0.717, 1.165) is 11.4 Å². The van der Waals surface area contributed by atoms with Crippen molar-refractivity contribution in [1.82, 2.24) is 0 Å². The molecule has 0 saturated heterocycles. The second-order valence-electron chi connectivity index (χ2n) is 5.19. The van der Waals surface area contributed by atoms with Gasteiger partial charge in [-0.05, 0) is 26.2 Å². The fraction of sp³-hybridized carbons (Fsp3) is 0.615. The summed E-state index contributed by atoms with van der Waals surface area (Å²) in [5.41, 5.74) is 6.48. The second-order valence-corrected chi connectivity index (χ2v) is 6.21. The monoisotopic (exact) mass is 268 g/mol. The van der Waals surface area contributed by atoms with Crippen LogP contribution in [0, 0.1) is 5.92 Å². The summed E-state index contributed by atoms with van der Waals surface area (Å²) in [6, 6.07) is 0.484. The molecule has 1 aliphatic rings. The number of rotatable bonds is 5. The number of carbonyl (C=O) groups is 1. The lowest BCUT2D eigenvalue weighted by Crippen LogP contribution is -2.10. The van der Waals surface area contributed by atoms with Crippen LogP contribution >= 0.6 is 11.3 Å². The minimum atomic E-state index is -0.0111. The maximum absolute atomic E-state index is 11.5. The highest BCUT2D eigenvalue weighted by molar-refractivity contribution is 7.19. The van der Waals surface area contributed by atoms with Crippen LogP contribution in [0.4, 0.5) is 10.7 Å². The predicted molar refractivity (Wildman–Crippen MR) is 75.7 cm³/mol. The lowest BCUT2D eigenvalue weighted by molar-refractivity contribution is 0.102. The number of Topliss-reactive ketones (excluding diaryl/α,β-unsaturated/α-hetero) is 1. The molecule has 5 heteroatoms. The fourth-order valence-electron chi connectivity index (χ4n) is 1.83. The average Bonchev–Trinajstić information content (AvgIpc) is 2.86. The summed E-state index contributed by atoms with van der Waals surface area (Å²) in [6.45, 7) is 7.64. The molecule has 2 atom stereocenters. The number of nitrogen functional groups attached to an aromatic ring is 1. The molecule has 0 spiro atoms. The third kappa shape index (κ3) is 2.61. The molecule has 1 saturated carbocycles. The molecule has 0 aromatic carbocycles. The van der Waals surface area contributed by atoms with Crippen LogP contribution in [0.3, 0.4) is 0 Å². The van der Waals surface area contributed by atoms with E-state index in [2.05, 4.69) is 12.2 Å². The van der Waals surface area contributed by atoms with E-state index in [4.69, 9.17) is 10.5 Å². The highest BCUT2D eigenvalue weighted by Gasteiger charge is 2.34. The van der Waals surface area contributed by atoms with E-state index in [9.17, 15) is 4.79 Å². The van der Waals surface area contributed by atoms with Crippen LogP contribution in [0.1, 0.15) is 43.8 Å². The first kappa shape index (κ1) is 13.2. The van der Waals surface area contributed by atoms with Gasteiger partial charge < -0.3 is 15.8 Å². The Morgan fingerprint density at radius 1 is 1.56 bits per heavy atom. The van der Waals surface area contributed by atoms with Crippen LogP contribution in [-0.4, -0.2) is 17.9 Å². The summed E-state index contributed by atoms with van der Waals surface area (Å²) < 4.78 is 5.74. The minimum absolute atomic E-state index is 0.0111. The molecule has 3 N–H and O–H groups in total. The summed E-state index contributed by atoms with van der Waals surface area (Å²) in [6.07, 6.45) is 1.20. The zero-order valence-electron chi connectivity index (χ0n) is 11.2. The molecule has 1 aromatic rings. The number of ether oxygens (including phenoxy) is 1. The van der Waals surface area contributed by atoms with E-state index in [0.29, 0.717) is 28.3 Å². The molecule has 18 heavy (non-hydrogen) atoms. The van der Waals surface area contributed by atoms with Gasteiger partial charge in [-0.15, -0.1) is 11.3 Å². The number of hydrogen-bond acceptors (Lipinski definition) is 5. The number of ketones is 1. The Balaban J connectivity index is 2.29. The zero-order chi connectivity index (χ0) is 13.4. The molecule has 2 unspecified atom stereocenters. The number of thiophene rings is 1. The number of carbonyl (C=O) groups excluding carboxylic acids is 1. The second kappa shape index (κ2) is 4.80. The maximum Gasteiger partial charge on any atom is 0.177 e. The Labute approximate surface area is 112 Å². The van der Waals surface area contributed by atoms with Crippen LogP contribution in [0.5, 0.6) is 5.75 Å². The van der Waals surface area contributed by atoms with Crippen LogP contribution in [0.25, 0.3) is 0 Å². The van der Waals surface area contributed by atoms with Gasteiger partial charge in [-0.3, -0.25) is 4.79 Å². The third-order valence-electron chi connectivity index (χ3n) is 3.00. The number of nitrogens with two attached hydrogens (primary N) is 1. The summed E-state index contributed by atoms with van der Waals surface area (Å²) in [7, 11) is 0. The molecule has 2 rings (SSSR count). The lowest BCUT2D eigenvalue weighted by Gasteiger charge is -2.12. The zero-order valence-corrected chi connectivity index (χ0v) is 12.1. The van der Waals surface area contributed by atoms with Gasteiger partial charge in [0.25, 0.3) is 0 Å². The molecule has 0 aliphatic heterocycles. The van der Waals surface area contributed by atoms with Crippen molar-refractivity contribution in [3.05, 3.63) is 4.88 Å². The standard InChI is InChI=1S/C13H20N2O2S/c1-6(2)17-11-10(14)12(8(4)16)18-13(11)15-9-5-7(9)3/h6-7,9,15H,5,14H2,1-4H3. The van der Waals surface area contributed by atoms with Crippen molar-refractivity contribution in [2.45, 2.75) is 46.3 Å². The van der Waals surface area contributed by atoms with Gasteiger partial charge in [0.05, 0.1) is 16.7 Å². The third-order valence-corrected chi connectivity index (χ3v) is 4.22. The Hall–Kier alpha value is -1.23. The fourth-order valence-corrected chi connectivity index (χ4v) is 2.84. The summed E-state index contributed by atoms with van der Waals surface area (Å²) in [5, 5.41) is 4.31. The molecule has 100 valence electrons. The molecule has 1 aliphatic carbocycles. The molecular weight excluding hydrogens is 248 g/mol. The minimum Gasteiger partial charge on any atom is -0.486 e. The van der Waals surface area contributed by atoms with Gasteiger partial charge in [0.1, 0.15) is 5.00 Å². The average molecular weight is 268 g/mol. The van der Waals surface area contributed by atoms with Gasteiger partial charge in [-0.25, -0.2) is 0 Å². The first-order chi connectivity index (χ1) is 8.40. The van der Waals surface area contributed by atoms with E-state index in [1.54, 1.807) is 0 Å². The van der Waals surface area contributed by atoms with E-state index >= 15 is 0 Å². The smallest absolute Gasteiger partial charge is 0.177 e. The summed E-state index contributed by atoms with van der Waals surface area (Å²) in [4.78, 5) is 12.1. The van der Waals surface area contributed by atoms with E-state index in [1.807, 2.05) is 13.8 Å². The SMILES string of the molecule is CC(=O)c1sc(NC2CC2C)c(OC(C)C)c1N. The van der Waals surface area contributed by atoms with E-state index in [-0.39, 0.29) is 11.9 Å². The normalized spacial score (nSPS) is 22.1. The van der Waals surface area contributed by atoms with E-state index < -0.39 is 0 Å². The van der Waals surface area contributed by atoms with E-state index in [1.165, 1.54) is 18.3 Å². The Morgan fingerprint density at radius 2 is 2.17 bits per heavy atom. The molecular formula is C13H20N2O2S. The van der Waals surface area contributed by atoms with Crippen molar-refractivity contribution in [1.29, 1.82) is 0 Å². The van der Waals surface area contributed by atoms with Crippen molar-refractivity contribution >= 4 is 27.8 Å². The summed E-state index contributed by atoms with van der Waals surface area (Å²) in [5.74, 6) is 1.31.